The molecule has 0 aliphatic carbocycles. The molecule has 2 atom stereocenters. The minimum atomic E-state index is -0.651. The number of aliphatic hydroxyl groups excluding tert-OH is 1. The smallest absolute Gasteiger partial charge is 0.334 e. The van der Waals surface area contributed by atoms with E-state index in [2.05, 4.69) is 0 Å². The number of ether oxygens (including phenoxy) is 1. The van der Waals surface area contributed by atoms with E-state index in [-0.39, 0.29) is 12.3 Å². The second kappa shape index (κ2) is 8.77. The fourth-order valence-electron chi connectivity index (χ4n) is 4.16. The number of rotatable bonds is 5. The number of hydrogen-bond acceptors (Lipinski definition) is 6. The Bertz CT molecular complexity index is 985. The van der Waals surface area contributed by atoms with Crippen LogP contribution in [-0.2, 0) is 4.79 Å². The van der Waals surface area contributed by atoms with Gasteiger partial charge in [0.1, 0.15) is 23.5 Å². The van der Waals surface area contributed by atoms with Gasteiger partial charge in [-0.25, -0.2) is 4.79 Å². The quantitative estimate of drug-likeness (QED) is 0.253. The third-order valence-corrected chi connectivity index (χ3v) is 5.81. The van der Waals surface area contributed by atoms with Crippen molar-refractivity contribution >= 4 is 23.3 Å². The van der Waals surface area contributed by atoms with Crippen molar-refractivity contribution in [2.45, 2.75) is 31.4 Å². The molecule has 2 saturated heterocycles. The fraction of sp³-hybridized carbons (Fsp3) is 0.348. The van der Waals surface area contributed by atoms with Gasteiger partial charge in [0, 0.05) is 42.9 Å². The Morgan fingerprint density at radius 1 is 1.06 bits per heavy atom. The van der Waals surface area contributed by atoms with Crippen LogP contribution in [0.25, 0.3) is 0 Å². The van der Waals surface area contributed by atoms with Crippen molar-refractivity contribution in [1.29, 1.82) is 10.8 Å². The van der Waals surface area contributed by atoms with E-state index in [4.69, 9.17) is 21.3 Å². The molecule has 0 saturated carbocycles. The van der Waals surface area contributed by atoms with Gasteiger partial charge in [-0.2, -0.15) is 0 Å². The number of amidine groups is 2. The third-order valence-electron chi connectivity index (χ3n) is 5.81. The SMILES string of the molecule is N=C(N)c1cccc(N2C[C@H](O)C[C@H]2C(=O)Oc2ccc(C(=N)N3CCCC3)cc2)c1. The molecule has 0 bridgehead atoms. The molecule has 2 aromatic rings. The van der Waals surface area contributed by atoms with E-state index in [0.717, 1.165) is 31.5 Å². The number of benzene rings is 2. The number of nitrogens with zero attached hydrogens (tertiary/aromatic N) is 2. The maximum absolute atomic E-state index is 12.9. The first-order chi connectivity index (χ1) is 14.9. The lowest BCUT2D eigenvalue weighted by atomic mass is 10.1. The number of β-amino-alcohol motifs (C(OH)–C–C–N with tert-alkyl or cyclic N) is 1. The maximum atomic E-state index is 12.9. The van der Waals surface area contributed by atoms with E-state index in [0.29, 0.717) is 29.4 Å². The molecule has 2 aliphatic heterocycles. The van der Waals surface area contributed by atoms with Crippen LogP contribution in [0.3, 0.4) is 0 Å². The van der Waals surface area contributed by atoms with E-state index >= 15 is 0 Å². The number of hydrogen-bond donors (Lipinski definition) is 4. The van der Waals surface area contributed by atoms with Crippen LogP contribution in [-0.4, -0.2) is 59.4 Å². The molecule has 8 nitrogen and oxygen atoms in total. The Morgan fingerprint density at radius 2 is 1.77 bits per heavy atom. The van der Waals surface area contributed by atoms with Crippen molar-refractivity contribution in [3.63, 3.8) is 0 Å². The lowest BCUT2D eigenvalue weighted by molar-refractivity contribution is -0.135. The standard InChI is InChI=1S/C23H27N5O3/c24-21(25)16-4-3-5-17(12-16)28-14-18(29)13-20(28)23(30)31-19-8-6-15(7-9-19)22(26)27-10-1-2-11-27/h3-9,12,18,20,26,29H,1-2,10-11,13-14H2,(H3,24,25)/t18-,20+/m1/s1. The number of carbonyl (C=O) groups is 1. The average Bonchev–Trinajstić information content (AvgIpc) is 3.44. The van der Waals surface area contributed by atoms with Crippen LogP contribution in [0.5, 0.6) is 5.75 Å². The Morgan fingerprint density at radius 3 is 2.45 bits per heavy atom. The monoisotopic (exact) mass is 421 g/mol. The van der Waals surface area contributed by atoms with Crippen molar-refractivity contribution in [1.82, 2.24) is 4.90 Å². The van der Waals surface area contributed by atoms with Gasteiger partial charge in [0.05, 0.1) is 6.10 Å². The maximum Gasteiger partial charge on any atom is 0.334 e. The summed E-state index contributed by atoms with van der Waals surface area (Å²) in [5.74, 6) is 0.389. The molecule has 8 heteroatoms. The normalized spacial score (nSPS) is 20.7. The molecular weight excluding hydrogens is 394 g/mol. The van der Waals surface area contributed by atoms with Crippen LogP contribution in [0.1, 0.15) is 30.4 Å². The predicted molar refractivity (Wildman–Crippen MR) is 119 cm³/mol. The van der Waals surface area contributed by atoms with E-state index < -0.39 is 18.1 Å². The van der Waals surface area contributed by atoms with Crippen molar-refractivity contribution < 1.29 is 14.6 Å². The first kappa shape index (κ1) is 20.9. The lowest BCUT2D eigenvalue weighted by Gasteiger charge is -2.25. The number of nitrogen functional groups attached to an aromatic ring is 1. The average molecular weight is 422 g/mol. The van der Waals surface area contributed by atoms with E-state index in [1.165, 1.54) is 0 Å². The molecule has 2 heterocycles. The molecule has 4 rings (SSSR count). The summed E-state index contributed by atoms with van der Waals surface area (Å²) in [7, 11) is 0. The highest BCUT2D eigenvalue weighted by Crippen LogP contribution is 2.28. The predicted octanol–water partition coefficient (Wildman–Crippen LogP) is 1.94. The fourth-order valence-corrected chi connectivity index (χ4v) is 4.16. The van der Waals surface area contributed by atoms with Gasteiger partial charge in [0.2, 0.25) is 0 Å². The van der Waals surface area contributed by atoms with Gasteiger partial charge in [-0.3, -0.25) is 10.8 Å². The lowest BCUT2D eigenvalue weighted by Crippen LogP contribution is -2.39. The van der Waals surface area contributed by atoms with Crippen LogP contribution in [0.4, 0.5) is 5.69 Å². The molecule has 2 fully saturated rings. The number of carbonyl (C=O) groups excluding carboxylic acids is 1. The number of esters is 1. The number of anilines is 1. The second-order valence-corrected chi connectivity index (χ2v) is 8.01. The number of nitrogens with one attached hydrogen (secondary N) is 2. The highest BCUT2D eigenvalue weighted by atomic mass is 16.5. The molecular formula is C23H27N5O3. The van der Waals surface area contributed by atoms with Crippen LogP contribution in [0.15, 0.2) is 48.5 Å². The van der Waals surface area contributed by atoms with Crippen molar-refractivity contribution in [2.75, 3.05) is 24.5 Å². The van der Waals surface area contributed by atoms with Gasteiger partial charge in [-0.15, -0.1) is 0 Å². The Labute approximate surface area is 181 Å². The molecule has 2 aliphatic rings. The summed E-state index contributed by atoms with van der Waals surface area (Å²) in [5.41, 5.74) is 7.64. The van der Waals surface area contributed by atoms with Gasteiger partial charge in [-0.1, -0.05) is 12.1 Å². The molecule has 5 N–H and O–H groups in total. The van der Waals surface area contributed by atoms with E-state index in [1.54, 1.807) is 47.4 Å². The summed E-state index contributed by atoms with van der Waals surface area (Å²) in [5, 5.41) is 26.1. The van der Waals surface area contributed by atoms with Crippen LogP contribution in [0.2, 0.25) is 0 Å². The summed E-state index contributed by atoms with van der Waals surface area (Å²) >= 11 is 0. The van der Waals surface area contributed by atoms with Crippen LogP contribution >= 0.6 is 0 Å². The molecule has 0 radical (unpaired) electrons. The van der Waals surface area contributed by atoms with Crippen molar-refractivity contribution in [3.8, 4) is 5.75 Å². The largest absolute Gasteiger partial charge is 0.425 e. The summed E-state index contributed by atoms with van der Waals surface area (Å²) in [6, 6.07) is 13.4. The number of aliphatic hydroxyl groups is 1. The molecule has 31 heavy (non-hydrogen) atoms. The summed E-state index contributed by atoms with van der Waals surface area (Å²) in [4.78, 5) is 16.7. The molecule has 0 aromatic heterocycles. The highest BCUT2D eigenvalue weighted by molar-refractivity contribution is 5.97. The van der Waals surface area contributed by atoms with Gasteiger partial charge in [0.25, 0.3) is 0 Å². The van der Waals surface area contributed by atoms with E-state index in [9.17, 15) is 9.90 Å². The van der Waals surface area contributed by atoms with Crippen molar-refractivity contribution in [3.05, 3.63) is 59.7 Å². The zero-order chi connectivity index (χ0) is 22.0. The van der Waals surface area contributed by atoms with Gasteiger partial charge in [-0.05, 0) is 49.2 Å². The first-order valence-corrected chi connectivity index (χ1v) is 10.5. The Hall–Kier alpha value is -3.39. The molecule has 162 valence electrons. The van der Waals surface area contributed by atoms with Crippen LogP contribution < -0.4 is 15.4 Å². The zero-order valence-electron chi connectivity index (χ0n) is 17.3. The highest BCUT2D eigenvalue weighted by Gasteiger charge is 2.37. The third kappa shape index (κ3) is 4.54. The minimum Gasteiger partial charge on any atom is -0.425 e. The second-order valence-electron chi connectivity index (χ2n) is 8.01. The number of likely N-dealkylation sites (tertiary alicyclic amines) is 1. The Balaban J connectivity index is 1.46. The summed E-state index contributed by atoms with van der Waals surface area (Å²) in [6.07, 6.45) is 1.83. The Kier molecular flexibility index (Phi) is 5.90. The molecule has 2 aromatic carbocycles. The van der Waals surface area contributed by atoms with E-state index in [1.807, 2.05) is 11.0 Å². The molecule has 0 spiro atoms. The molecule has 0 unspecified atom stereocenters. The van der Waals surface area contributed by atoms with Crippen LogP contribution in [0, 0.1) is 10.8 Å². The zero-order valence-corrected chi connectivity index (χ0v) is 17.3. The number of nitrogens with two attached hydrogens (primary N) is 1. The van der Waals surface area contributed by atoms with Gasteiger partial charge >= 0.3 is 5.97 Å². The van der Waals surface area contributed by atoms with Gasteiger partial charge < -0.3 is 25.4 Å². The van der Waals surface area contributed by atoms with Crippen molar-refractivity contribution in [2.24, 2.45) is 5.73 Å². The first-order valence-electron chi connectivity index (χ1n) is 10.5. The van der Waals surface area contributed by atoms with Gasteiger partial charge in [0.15, 0.2) is 0 Å². The topological polar surface area (TPSA) is 127 Å². The summed E-state index contributed by atoms with van der Waals surface area (Å²) in [6.45, 7) is 2.10. The minimum absolute atomic E-state index is 0.0553. The summed E-state index contributed by atoms with van der Waals surface area (Å²) < 4.78 is 5.59. The molecule has 0 amide bonds.